The van der Waals surface area contributed by atoms with Gasteiger partial charge in [-0.3, -0.25) is 4.79 Å². The van der Waals surface area contributed by atoms with Gasteiger partial charge in [-0.15, -0.1) is 26.2 Å². The molecule has 0 spiro atoms. The van der Waals surface area contributed by atoms with Crippen LogP contribution in [0.4, 0.5) is 11.5 Å². The summed E-state index contributed by atoms with van der Waals surface area (Å²) in [6, 6.07) is 13.7. The zero-order valence-corrected chi connectivity index (χ0v) is 19.3. The Labute approximate surface area is 199 Å². The third kappa shape index (κ3) is 3.32. The van der Waals surface area contributed by atoms with E-state index in [0.717, 1.165) is 32.6 Å². The smallest absolute Gasteiger partial charge is 0.247 e. The topological polar surface area (TPSA) is 111 Å². The van der Waals surface area contributed by atoms with Crippen molar-refractivity contribution in [3.8, 4) is 22.4 Å². The van der Waals surface area contributed by atoms with Crippen molar-refractivity contribution in [2.75, 3.05) is 11.1 Å². The van der Waals surface area contributed by atoms with Gasteiger partial charge < -0.3 is 11.1 Å². The van der Waals surface area contributed by atoms with Crippen LogP contribution in [0, 0.1) is 0 Å². The minimum atomic E-state index is -0.262. The number of hydrogen-bond acceptors (Lipinski definition) is 7. The Balaban J connectivity index is 1.51. The molecule has 5 aromatic rings. The number of anilines is 2. The van der Waals surface area contributed by atoms with Gasteiger partial charge in [-0.2, -0.15) is 0 Å². The number of carbonyl (C=O) groups excluding carboxylic acids is 1. The maximum Gasteiger partial charge on any atom is 0.247 e. The lowest BCUT2D eigenvalue weighted by atomic mass is 9.99. The van der Waals surface area contributed by atoms with Gasteiger partial charge in [0.15, 0.2) is 5.82 Å². The van der Waals surface area contributed by atoms with Crippen molar-refractivity contribution < 1.29 is 4.79 Å². The van der Waals surface area contributed by atoms with Crippen LogP contribution in [0.15, 0.2) is 61.4 Å². The quantitative estimate of drug-likeness (QED) is 0.358. The number of thiazole rings is 1. The lowest BCUT2D eigenvalue weighted by molar-refractivity contribution is -0.111. The second kappa shape index (κ2) is 7.46. The van der Waals surface area contributed by atoms with E-state index >= 15 is 0 Å². The molecule has 3 N–H and O–H groups in total. The third-order valence-corrected chi connectivity index (χ3v) is 7.60. The Bertz CT molecular complexity index is 1600. The van der Waals surface area contributed by atoms with Crippen LogP contribution in [0.2, 0.25) is 0 Å². The van der Waals surface area contributed by atoms with Crippen molar-refractivity contribution in [3.63, 3.8) is 0 Å². The van der Waals surface area contributed by atoms with Crippen molar-refractivity contribution in [2.24, 2.45) is 0 Å². The fourth-order valence-corrected chi connectivity index (χ4v) is 5.25. The first kappa shape index (κ1) is 20.5. The van der Waals surface area contributed by atoms with Crippen molar-refractivity contribution >= 4 is 44.5 Å². The normalized spacial score (nSPS) is 14.4. The van der Waals surface area contributed by atoms with Crippen molar-refractivity contribution in [1.29, 1.82) is 0 Å². The number of amides is 1. The zero-order chi connectivity index (χ0) is 23.4. The Morgan fingerprint density at radius 2 is 1.97 bits per heavy atom. The number of aromatic nitrogens is 5. The number of nitrogens with one attached hydrogen (secondary N) is 1. The summed E-state index contributed by atoms with van der Waals surface area (Å²) in [5.74, 6) is 0.0932. The highest BCUT2D eigenvalue weighted by molar-refractivity contribution is 7.18. The van der Waals surface area contributed by atoms with Crippen molar-refractivity contribution in [3.05, 3.63) is 66.5 Å². The van der Waals surface area contributed by atoms with E-state index in [-0.39, 0.29) is 11.3 Å². The molecule has 0 radical (unpaired) electrons. The molecule has 6 rings (SSSR count). The number of hydrogen-bond donors (Lipinski definition) is 2. The van der Waals surface area contributed by atoms with Crippen LogP contribution in [0.3, 0.4) is 0 Å². The molecule has 8 nitrogen and oxygen atoms in total. The van der Waals surface area contributed by atoms with Crippen LogP contribution in [0.1, 0.15) is 24.8 Å². The summed E-state index contributed by atoms with van der Waals surface area (Å²) in [7, 11) is 0. The lowest BCUT2D eigenvalue weighted by Crippen LogP contribution is -2.06. The maximum atomic E-state index is 11.6. The molecule has 0 bridgehead atoms. The number of nitrogen functional groups attached to an aromatic ring is 1. The monoisotopic (exact) mass is 467 g/mol. The van der Waals surface area contributed by atoms with Gasteiger partial charge >= 0.3 is 0 Å². The second-order valence-corrected chi connectivity index (χ2v) is 9.77. The highest BCUT2D eigenvalue weighted by Gasteiger charge is 2.42. The Morgan fingerprint density at radius 1 is 1.21 bits per heavy atom. The number of nitrogens with zero attached hydrogens (tertiary/aromatic N) is 5. The Kier molecular flexibility index (Phi) is 4.50. The molecule has 2 aromatic carbocycles. The lowest BCUT2D eigenvalue weighted by Gasteiger charge is -2.06. The molecule has 1 fully saturated rings. The van der Waals surface area contributed by atoms with Crippen LogP contribution in [0.5, 0.6) is 0 Å². The fourth-order valence-electron chi connectivity index (χ4n) is 4.04. The summed E-state index contributed by atoms with van der Waals surface area (Å²) in [4.78, 5) is 20.7. The average Bonchev–Trinajstić information content (AvgIpc) is 3.28. The minimum Gasteiger partial charge on any atom is -0.382 e. The van der Waals surface area contributed by atoms with Crippen LogP contribution < -0.4 is 11.1 Å². The first-order chi connectivity index (χ1) is 16.4. The molecule has 1 aliphatic carbocycles. The first-order valence-electron chi connectivity index (χ1n) is 10.9. The molecule has 1 saturated carbocycles. The number of fused-ring (bicyclic) bond motifs is 2. The van der Waals surface area contributed by atoms with E-state index in [1.165, 1.54) is 34.9 Å². The van der Waals surface area contributed by atoms with Gasteiger partial charge in [-0.1, -0.05) is 31.7 Å². The predicted molar refractivity (Wildman–Crippen MR) is 135 cm³/mol. The standard InChI is InChI=1S/C25H21N7OS/c1-3-19(33)29-16-7-4-14(5-8-16)21-20(22-23(26)27-13-28-32(22)31-21)15-6-9-17-18(12-15)34-24(30-17)25(2)10-11-25/h3-9,12-13H,1,10-11H2,2H3,(H,29,33)(H2,26,27,28). The highest BCUT2D eigenvalue weighted by atomic mass is 32.1. The van der Waals surface area contributed by atoms with Crippen LogP contribution in [-0.4, -0.2) is 30.7 Å². The molecule has 168 valence electrons. The molecule has 3 aromatic heterocycles. The molecule has 3 heterocycles. The Morgan fingerprint density at radius 3 is 2.71 bits per heavy atom. The van der Waals surface area contributed by atoms with Gasteiger partial charge in [-0.25, -0.2) is 9.97 Å². The predicted octanol–water partition coefficient (Wildman–Crippen LogP) is 4.83. The SMILES string of the molecule is C=CC(=O)Nc1ccc(-c2nn3ncnc(N)c3c2-c2ccc3nc(C4(C)CC4)sc3c2)cc1. The summed E-state index contributed by atoms with van der Waals surface area (Å²) < 4.78 is 2.65. The fraction of sp³-hybridized carbons (Fsp3) is 0.160. The van der Waals surface area contributed by atoms with E-state index in [1.54, 1.807) is 11.3 Å². The van der Waals surface area contributed by atoms with Crippen molar-refractivity contribution in [1.82, 2.24) is 24.8 Å². The van der Waals surface area contributed by atoms with Crippen LogP contribution in [0.25, 0.3) is 38.1 Å². The summed E-state index contributed by atoms with van der Waals surface area (Å²) in [5, 5.41) is 13.0. The van der Waals surface area contributed by atoms with E-state index in [9.17, 15) is 4.79 Å². The van der Waals surface area contributed by atoms with E-state index in [0.29, 0.717) is 17.0 Å². The van der Waals surface area contributed by atoms with E-state index in [1.807, 2.05) is 30.3 Å². The van der Waals surface area contributed by atoms with Gasteiger partial charge in [0.25, 0.3) is 0 Å². The van der Waals surface area contributed by atoms with E-state index in [2.05, 4.69) is 41.0 Å². The summed E-state index contributed by atoms with van der Waals surface area (Å²) in [5.41, 5.74) is 12.3. The number of rotatable bonds is 5. The molecular weight excluding hydrogens is 446 g/mol. The molecular formula is C25H21N7OS. The van der Waals surface area contributed by atoms with Gasteiger partial charge in [0, 0.05) is 22.2 Å². The second-order valence-electron chi connectivity index (χ2n) is 8.74. The minimum absolute atomic E-state index is 0.223. The number of nitrogens with two attached hydrogens (primary N) is 1. The number of carbonyl (C=O) groups is 1. The molecule has 0 aliphatic heterocycles. The first-order valence-corrected chi connectivity index (χ1v) is 11.7. The molecule has 9 heteroatoms. The maximum absolute atomic E-state index is 11.6. The van der Waals surface area contributed by atoms with Crippen LogP contribution in [-0.2, 0) is 10.2 Å². The van der Waals surface area contributed by atoms with Crippen molar-refractivity contribution in [2.45, 2.75) is 25.2 Å². The third-order valence-electron chi connectivity index (χ3n) is 6.27. The molecule has 0 saturated heterocycles. The van der Waals surface area contributed by atoms with Crippen LogP contribution >= 0.6 is 11.3 Å². The van der Waals surface area contributed by atoms with Gasteiger partial charge in [0.2, 0.25) is 5.91 Å². The summed E-state index contributed by atoms with van der Waals surface area (Å²) in [6.45, 7) is 5.76. The molecule has 34 heavy (non-hydrogen) atoms. The highest BCUT2D eigenvalue weighted by Crippen LogP contribution is 2.50. The van der Waals surface area contributed by atoms with Gasteiger partial charge in [-0.05, 0) is 48.7 Å². The average molecular weight is 468 g/mol. The molecule has 1 amide bonds. The summed E-state index contributed by atoms with van der Waals surface area (Å²) in [6.07, 6.45) is 5.01. The van der Waals surface area contributed by atoms with Gasteiger partial charge in [0.1, 0.15) is 17.5 Å². The van der Waals surface area contributed by atoms with Gasteiger partial charge in [0.05, 0.1) is 15.2 Å². The zero-order valence-electron chi connectivity index (χ0n) is 18.4. The summed E-state index contributed by atoms with van der Waals surface area (Å²) >= 11 is 1.75. The largest absolute Gasteiger partial charge is 0.382 e. The molecule has 0 unspecified atom stereocenters. The Hall–Kier alpha value is -4.11. The van der Waals surface area contributed by atoms with E-state index in [4.69, 9.17) is 15.8 Å². The van der Waals surface area contributed by atoms with E-state index < -0.39 is 0 Å². The molecule has 0 atom stereocenters. The molecule has 1 aliphatic rings. The number of benzene rings is 2.